The van der Waals surface area contributed by atoms with Crippen LogP contribution in [0.3, 0.4) is 0 Å². The highest BCUT2D eigenvalue weighted by atomic mass is 35.5. The molecule has 1 amide bonds. The minimum atomic E-state index is -3.49. The number of piperidine rings is 1. The second-order valence-electron chi connectivity index (χ2n) is 5.95. The summed E-state index contributed by atoms with van der Waals surface area (Å²) < 4.78 is 31.5. The van der Waals surface area contributed by atoms with Crippen molar-refractivity contribution in [2.24, 2.45) is 5.92 Å². The Kier molecular flexibility index (Phi) is 7.51. The predicted molar refractivity (Wildman–Crippen MR) is 98.3 cm³/mol. The molecule has 6 nitrogen and oxygen atoms in total. The van der Waals surface area contributed by atoms with Crippen LogP contribution in [0.4, 0.5) is 0 Å². The normalized spacial score (nSPS) is 16.8. The third-order valence-corrected chi connectivity index (χ3v) is 6.59. The number of carbonyl (C=O) groups excluding carboxylic acids is 1. The zero-order chi connectivity index (χ0) is 18.4. The van der Waals surface area contributed by atoms with E-state index in [-0.39, 0.29) is 17.6 Å². The molecule has 140 valence electrons. The molecule has 1 aliphatic rings. The van der Waals surface area contributed by atoms with Gasteiger partial charge < -0.3 is 10.1 Å². The fourth-order valence-corrected chi connectivity index (χ4v) is 4.89. The highest BCUT2D eigenvalue weighted by Gasteiger charge is 2.31. The van der Waals surface area contributed by atoms with Crippen LogP contribution in [0.2, 0.25) is 10.0 Å². The van der Waals surface area contributed by atoms with Crippen molar-refractivity contribution in [2.75, 3.05) is 33.4 Å². The molecule has 25 heavy (non-hydrogen) atoms. The maximum atomic E-state index is 12.6. The summed E-state index contributed by atoms with van der Waals surface area (Å²) in [5.41, 5.74) is 0.519. The van der Waals surface area contributed by atoms with Crippen LogP contribution < -0.4 is 5.32 Å². The number of methoxy groups -OCH3 is 1. The number of rotatable bonds is 7. The Bertz CT molecular complexity index is 704. The molecule has 1 aromatic rings. The average Bonchev–Trinajstić information content (AvgIpc) is 2.57. The van der Waals surface area contributed by atoms with Crippen molar-refractivity contribution in [3.8, 4) is 0 Å². The highest BCUT2D eigenvalue weighted by Crippen LogP contribution is 2.26. The summed E-state index contributed by atoms with van der Waals surface area (Å²) >= 11 is 11.9. The molecule has 2 rings (SSSR count). The molecule has 1 saturated heterocycles. The van der Waals surface area contributed by atoms with Crippen molar-refractivity contribution in [1.29, 1.82) is 0 Å². The number of amides is 1. The maximum Gasteiger partial charge on any atom is 0.223 e. The molecule has 0 aliphatic carbocycles. The zero-order valence-electron chi connectivity index (χ0n) is 14.0. The van der Waals surface area contributed by atoms with Gasteiger partial charge in [-0.05, 0) is 30.5 Å². The molecule has 1 heterocycles. The Balaban J connectivity index is 1.91. The summed E-state index contributed by atoms with van der Waals surface area (Å²) in [6.07, 6.45) is 1.01. The van der Waals surface area contributed by atoms with Gasteiger partial charge in [0.05, 0.1) is 12.4 Å². The van der Waals surface area contributed by atoms with Crippen LogP contribution in [0.5, 0.6) is 0 Å². The van der Waals surface area contributed by atoms with Gasteiger partial charge in [0.2, 0.25) is 15.9 Å². The molecule has 0 bridgehead atoms. The van der Waals surface area contributed by atoms with Crippen LogP contribution in [0.15, 0.2) is 18.2 Å². The number of hydrogen-bond acceptors (Lipinski definition) is 4. The summed E-state index contributed by atoms with van der Waals surface area (Å²) in [7, 11) is -1.92. The van der Waals surface area contributed by atoms with Crippen LogP contribution >= 0.6 is 23.2 Å². The first-order chi connectivity index (χ1) is 11.8. The Hall–Kier alpha value is -0.860. The first kappa shape index (κ1) is 20.5. The summed E-state index contributed by atoms with van der Waals surface area (Å²) in [6.45, 7) is 1.58. The van der Waals surface area contributed by atoms with E-state index in [1.165, 1.54) is 10.4 Å². The quantitative estimate of drug-likeness (QED) is 0.702. The molecule has 0 saturated carbocycles. The number of nitrogens with one attached hydrogen (secondary N) is 1. The minimum absolute atomic E-state index is 0.0464. The number of carbonyl (C=O) groups is 1. The average molecular weight is 409 g/mol. The molecule has 9 heteroatoms. The van der Waals surface area contributed by atoms with E-state index in [0.29, 0.717) is 54.7 Å². The summed E-state index contributed by atoms with van der Waals surface area (Å²) in [6, 6.07) is 4.78. The SMILES string of the molecule is COCCNC(=O)C1CCN(S(=O)(=O)Cc2ccc(Cl)cc2Cl)CC1. The van der Waals surface area contributed by atoms with E-state index >= 15 is 0 Å². The van der Waals surface area contributed by atoms with Crippen molar-refractivity contribution in [2.45, 2.75) is 18.6 Å². The van der Waals surface area contributed by atoms with Gasteiger partial charge in [0, 0.05) is 42.7 Å². The van der Waals surface area contributed by atoms with Gasteiger partial charge in [0.1, 0.15) is 0 Å². The van der Waals surface area contributed by atoms with E-state index in [1.54, 1.807) is 19.2 Å². The van der Waals surface area contributed by atoms with Crippen LogP contribution in [-0.2, 0) is 25.3 Å². The van der Waals surface area contributed by atoms with Crippen molar-refractivity contribution in [1.82, 2.24) is 9.62 Å². The highest BCUT2D eigenvalue weighted by molar-refractivity contribution is 7.88. The van der Waals surface area contributed by atoms with E-state index in [4.69, 9.17) is 27.9 Å². The first-order valence-electron chi connectivity index (χ1n) is 8.02. The molecule has 1 aromatic carbocycles. The van der Waals surface area contributed by atoms with Gasteiger partial charge in [-0.25, -0.2) is 12.7 Å². The third kappa shape index (κ3) is 5.82. The van der Waals surface area contributed by atoms with E-state index in [0.717, 1.165) is 0 Å². The second-order valence-corrected chi connectivity index (χ2v) is 8.76. The minimum Gasteiger partial charge on any atom is -0.383 e. The Morgan fingerprint density at radius 2 is 2.00 bits per heavy atom. The van der Waals surface area contributed by atoms with Crippen molar-refractivity contribution >= 4 is 39.1 Å². The molecule has 1 fully saturated rings. The lowest BCUT2D eigenvalue weighted by Crippen LogP contribution is -2.43. The standard InChI is InChI=1S/C16H22Cl2N2O4S/c1-24-9-6-19-16(21)12-4-7-20(8-5-12)25(22,23)11-13-2-3-14(17)10-15(13)18/h2-3,10,12H,4-9,11H2,1H3,(H,19,21). The molecule has 0 radical (unpaired) electrons. The Morgan fingerprint density at radius 1 is 1.32 bits per heavy atom. The summed E-state index contributed by atoms with van der Waals surface area (Å²) in [4.78, 5) is 12.0. The molecule has 1 aliphatic heterocycles. The van der Waals surface area contributed by atoms with Gasteiger partial charge in [-0.15, -0.1) is 0 Å². The molecule has 0 unspecified atom stereocenters. The molecule has 1 N–H and O–H groups in total. The van der Waals surface area contributed by atoms with Crippen LogP contribution in [-0.4, -0.2) is 52.0 Å². The van der Waals surface area contributed by atoms with Crippen LogP contribution in [0.25, 0.3) is 0 Å². The fraction of sp³-hybridized carbons (Fsp3) is 0.562. The first-order valence-corrected chi connectivity index (χ1v) is 10.4. The lowest BCUT2D eigenvalue weighted by atomic mass is 9.97. The van der Waals surface area contributed by atoms with Crippen LogP contribution in [0.1, 0.15) is 18.4 Å². The largest absolute Gasteiger partial charge is 0.383 e. The Labute approximate surface area is 158 Å². The van der Waals surface area contributed by atoms with Gasteiger partial charge in [-0.3, -0.25) is 4.79 Å². The predicted octanol–water partition coefficient (Wildman–Crippen LogP) is 2.30. The topological polar surface area (TPSA) is 75.7 Å². The molecule has 0 atom stereocenters. The van der Waals surface area contributed by atoms with E-state index in [2.05, 4.69) is 5.32 Å². The molecular formula is C16H22Cl2N2O4S. The van der Waals surface area contributed by atoms with E-state index < -0.39 is 10.0 Å². The summed E-state index contributed by atoms with van der Waals surface area (Å²) in [5.74, 6) is -0.384. The Morgan fingerprint density at radius 3 is 2.60 bits per heavy atom. The number of benzene rings is 1. The van der Waals surface area contributed by atoms with Crippen LogP contribution in [0, 0.1) is 5.92 Å². The maximum absolute atomic E-state index is 12.6. The van der Waals surface area contributed by atoms with Gasteiger partial charge in [0.25, 0.3) is 0 Å². The van der Waals surface area contributed by atoms with Gasteiger partial charge in [-0.1, -0.05) is 29.3 Å². The third-order valence-electron chi connectivity index (χ3n) is 4.18. The second kappa shape index (κ2) is 9.19. The fourth-order valence-electron chi connectivity index (χ4n) is 2.74. The lowest BCUT2D eigenvalue weighted by Gasteiger charge is -2.30. The van der Waals surface area contributed by atoms with Crippen molar-refractivity contribution in [3.63, 3.8) is 0 Å². The monoisotopic (exact) mass is 408 g/mol. The number of halogens is 2. The molecule has 0 aromatic heterocycles. The zero-order valence-corrected chi connectivity index (χ0v) is 16.3. The number of hydrogen-bond donors (Lipinski definition) is 1. The van der Waals surface area contributed by atoms with Crippen molar-refractivity contribution in [3.05, 3.63) is 33.8 Å². The molecule has 0 spiro atoms. The van der Waals surface area contributed by atoms with Gasteiger partial charge in [0.15, 0.2) is 0 Å². The number of ether oxygens (including phenoxy) is 1. The van der Waals surface area contributed by atoms with E-state index in [9.17, 15) is 13.2 Å². The number of nitrogens with zero attached hydrogens (tertiary/aromatic N) is 1. The summed E-state index contributed by atoms with van der Waals surface area (Å²) in [5, 5.41) is 3.60. The van der Waals surface area contributed by atoms with Crippen molar-refractivity contribution < 1.29 is 17.9 Å². The smallest absolute Gasteiger partial charge is 0.223 e. The van der Waals surface area contributed by atoms with Gasteiger partial charge >= 0.3 is 0 Å². The molecular weight excluding hydrogens is 387 g/mol. The lowest BCUT2D eigenvalue weighted by molar-refractivity contribution is -0.126. The number of sulfonamides is 1. The van der Waals surface area contributed by atoms with E-state index in [1.807, 2.05) is 0 Å². The van der Waals surface area contributed by atoms with Gasteiger partial charge in [-0.2, -0.15) is 0 Å².